The van der Waals surface area contributed by atoms with Gasteiger partial charge in [-0.1, -0.05) is 0 Å². The first-order valence-electron chi connectivity index (χ1n) is 6.68. The van der Waals surface area contributed by atoms with E-state index in [2.05, 4.69) is 10.3 Å². The average Bonchev–Trinajstić information content (AvgIpc) is 2.41. The summed E-state index contributed by atoms with van der Waals surface area (Å²) in [5, 5.41) is 11.5. The number of carboxylic acid groups (broad SMARTS) is 1. The van der Waals surface area contributed by atoms with Crippen LogP contribution in [0.15, 0.2) is 18.3 Å². The molecule has 0 aliphatic carbocycles. The highest BCUT2D eigenvalue weighted by Gasteiger charge is 2.17. The monoisotopic (exact) mass is 294 g/mol. The Morgan fingerprint density at radius 1 is 1.35 bits per heavy atom. The van der Waals surface area contributed by atoms with Gasteiger partial charge < -0.3 is 10.4 Å². The molecule has 2 heterocycles. The second kappa shape index (κ2) is 7.28. The van der Waals surface area contributed by atoms with E-state index in [1.807, 2.05) is 11.8 Å². The highest BCUT2D eigenvalue weighted by molar-refractivity contribution is 7.99. The number of hydrogen-bond donors (Lipinski definition) is 2. The Morgan fingerprint density at radius 2 is 2.10 bits per heavy atom. The van der Waals surface area contributed by atoms with Crippen molar-refractivity contribution >= 4 is 29.3 Å². The Kier molecular flexibility index (Phi) is 5.40. The molecule has 1 aliphatic rings. The number of rotatable bonds is 5. The van der Waals surface area contributed by atoms with Crippen LogP contribution in [0.25, 0.3) is 0 Å². The molecule has 20 heavy (non-hydrogen) atoms. The molecule has 2 rings (SSSR count). The lowest BCUT2D eigenvalue weighted by molar-refractivity contribution is -0.136. The second-order valence-corrected chi connectivity index (χ2v) is 6.14. The summed E-state index contributed by atoms with van der Waals surface area (Å²) in [6.45, 7) is 0. The van der Waals surface area contributed by atoms with Crippen LogP contribution in [-0.4, -0.2) is 33.5 Å². The van der Waals surface area contributed by atoms with E-state index in [0.717, 1.165) is 24.3 Å². The van der Waals surface area contributed by atoms with E-state index in [1.54, 1.807) is 12.1 Å². The molecule has 6 heteroatoms. The summed E-state index contributed by atoms with van der Waals surface area (Å²) >= 11 is 1.95. The fourth-order valence-corrected chi connectivity index (χ4v) is 3.39. The zero-order chi connectivity index (χ0) is 14.4. The van der Waals surface area contributed by atoms with Crippen LogP contribution in [0.5, 0.6) is 0 Å². The molecule has 1 fully saturated rings. The molecular formula is C14H18N2O3S. The first-order valence-corrected chi connectivity index (χ1v) is 7.83. The van der Waals surface area contributed by atoms with Crippen LogP contribution < -0.4 is 5.32 Å². The van der Waals surface area contributed by atoms with Crippen molar-refractivity contribution in [3.8, 4) is 0 Å². The first-order chi connectivity index (χ1) is 9.63. The molecule has 5 nitrogen and oxygen atoms in total. The number of carbonyl (C=O) groups excluding carboxylic acids is 1. The molecule has 0 radical (unpaired) electrons. The number of carboxylic acids is 1. The summed E-state index contributed by atoms with van der Waals surface area (Å²) in [6, 6.07) is 3.32. The van der Waals surface area contributed by atoms with Gasteiger partial charge in [-0.05, 0) is 42.4 Å². The van der Waals surface area contributed by atoms with Crippen molar-refractivity contribution in [3.63, 3.8) is 0 Å². The van der Waals surface area contributed by atoms with E-state index >= 15 is 0 Å². The summed E-state index contributed by atoms with van der Waals surface area (Å²) in [5.41, 5.74) is 1.11. The number of aromatic nitrogens is 1. The first kappa shape index (κ1) is 14.8. The maximum atomic E-state index is 11.9. The number of hydrogen-bond acceptors (Lipinski definition) is 4. The predicted octanol–water partition coefficient (Wildman–Crippen LogP) is 2.18. The number of anilines is 1. The van der Waals surface area contributed by atoms with Gasteiger partial charge in [-0.25, -0.2) is 0 Å². The van der Waals surface area contributed by atoms with Gasteiger partial charge in [-0.3, -0.25) is 14.6 Å². The molecule has 1 aromatic rings. The number of nitrogens with one attached hydrogen (secondary N) is 1. The predicted molar refractivity (Wildman–Crippen MR) is 78.9 cm³/mol. The van der Waals surface area contributed by atoms with Crippen molar-refractivity contribution < 1.29 is 14.7 Å². The van der Waals surface area contributed by atoms with Gasteiger partial charge in [0.25, 0.3) is 0 Å². The van der Waals surface area contributed by atoms with Crippen LogP contribution in [0.1, 0.15) is 25.0 Å². The average molecular weight is 294 g/mol. The van der Waals surface area contributed by atoms with Gasteiger partial charge in [-0.2, -0.15) is 11.8 Å². The Labute approximate surface area is 122 Å². The number of thioether (sulfide) groups is 1. The van der Waals surface area contributed by atoms with E-state index in [0.29, 0.717) is 23.7 Å². The summed E-state index contributed by atoms with van der Waals surface area (Å²) in [6.07, 6.45) is 4.17. The SMILES string of the molecule is O=C(O)Cc1ccc(NC(=O)CC2CCSCC2)cn1. The minimum atomic E-state index is -0.913. The molecule has 108 valence electrons. The second-order valence-electron chi connectivity index (χ2n) is 4.92. The molecule has 0 aromatic carbocycles. The summed E-state index contributed by atoms with van der Waals surface area (Å²) in [5.74, 6) is 1.86. The molecule has 1 amide bonds. The smallest absolute Gasteiger partial charge is 0.309 e. The fourth-order valence-electron chi connectivity index (χ4n) is 2.18. The van der Waals surface area contributed by atoms with Crippen molar-refractivity contribution in [2.45, 2.75) is 25.7 Å². The van der Waals surface area contributed by atoms with Gasteiger partial charge in [0.1, 0.15) is 0 Å². The minimum absolute atomic E-state index is 0.00897. The third kappa shape index (κ3) is 4.85. The van der Waals surface area contributed by atoms with Gasteiger partial charge in [0.15, 0.2) is 0 Å². The van der Waals surface area contributed by atoms with Gasteiger partial charge in [-0.15, -0.1) is 0 Å². The molecule has 0 bridgehead atoms. The van der Waals surface area contributed by atoms with Gasteiger partial charge in [0, 0.05) is 6.42 Å². The number of aliphatic carboxylic acids is 1. The van der Waals surface area contributed by atoms with Crippen molar-refractivity contribution in [3.05, 3.63) is 24.0 Å². The Bertz CT molecular complexity index is 470. The standard InChI is InChI=1S/C14H18N2O3S/c17-13(7-10-3-5-20-6-4-10)16-12-2-1-11(15-9-12)8-14(18)19/h1-2,9-10H,3-8H2,(H,16,17)(H,18,19). The minimum Gasteiger partial charge on any atom is -0.481 e. The van der Waals surface area contributed by atoms with E-state index in [9.17, 15) is 9.59 Å². The third-order valence-electron chi connectivity index (χ3n) is 3.26. The topological polar surface area (TPSA) is 79.3 Å². The number of carbonyl (C=O) groups is 2. The highest BCUT2D eigenvalue weighted by Crippen LogP contribution is 2.25. The van der Waals surface area contributed by atoms with Crippen LogP contribution in [0, 0.1) is 5.92 Å². The molecule has 1 aliphatic heterocycles. The maximum absolute atomic E-state index is 11.9. The van der Waals surface area contributed by atoms with Crippen LogP contribution in [-0.2, 0) is 16.0 Å². The molecule has 0 unspecified atom stereocenters. The molecule has 0 saturated carbocycles. The normalized spacial score (nSPS) is 15.8. The van der Waals surface area contributed by atoms with Crippen LogP contribution >= 0.6 is 11.8 Å². The summed E-state index contributed by atoms with van der Waals surface area (Å²) in [7, 11) is 0. The molecule has 1 saturated heterocycles. The maximum Gasteiger partial charge on any atom is 0.309 e. The molecule has 2 N–H and O–H groups in total. The molecular weight excluding hydrogens is 276 g/mol. The summed E-state index contributed by atoms with van der Waals surface area (Å²) in [4.78, 5) is 26.5. The molecule has 0 atom stereocenters. The number of nitrogens with zero attached hydrogens (tertiary/aromatic N) is 1. The fraction of sp³-hybridized carbons (Fsp3) is 0.500. The van der Waals surface area contributed by atoms with Crippen molar-refractivity contribution in [1.29, 1.82) is 0 Å². The lowest BCUT2D eigenvalue weighted by Gasteiger charge is -2.20. The zero-order valence-corrected chi connectivity index (χ0v) is 12.0. The van der Waals surface area contributed by atoms with Crippen LogP contribution in [0.2, 0.25) is 0 Å². The Morgan fingerprint density at radius 3 is 2.70 bits per heavy atom. The van der Waals surface area contributed by atoms with Crippen molar-refractivity contribution in [2.75, 3.05) is 16.8 Å². The zero-order valence-electron chi connectivity index (χ0n) is 11.2. The lowest BCUT2D eigenvalue weighted by Crippen LogP contribution is -2.19. The van der Waals surface area contributed by atoms with E-state index in [4.69, 9.17) is 5.11 Å². The van der Waals surface area contributed by atoms with Gasteiger partial charge in [0.05, 0.1) is 24.0 Å². The largest absolute Gasteiger partial charge is 0.481 e. The van der Waals surface area contributed by atoms with E-state index in [-0.39, 0.29) is 12.3 Å². The van der Waals surface area contributed by atoms with Crippen molar-refractivity contribution in [2.24, 2.45) is 5.92 Å². The Balaban J connectivity index is 1.82. The van der Waals surface area contributed by atoms with Gasteiger partial charge in [0.2, 0.25) is 5.91 Å². The lowest BCUT2D eigenvalue weighted by atomic mass is 9.98. The van der Waals surface area contributed by atoms with E-state index < -0.39 is 5.97 Å². The number of amides is 1. The molecule has 1 aromatic heterocycles. The molecule has 0 spiro atoms. The van der Waals surface area contributed by atoms with Crippen molar-refractivity contribution in [1.82, 2.24) is 4.98 Å². The van der Waals surface area contributed by atoms with E-state index in [1.165, 1.54) is 6.20 Å². The number of pyridine rings is 1. The quantitative estimate of drug-likeness (QED) is 0.870. The third-order valence-corrected chi connectivity index (χ3v) is 4.30. The Hall–Kier alpha value is -1.56. The van der Waals surface area contributed by atoms with Crippen LogP contribution in [0.3, 0.4) is 0 Å². The van der Waals surface area contributed by atoms with Crippen LogP contribution in [0.4, 0.5) is 5.69 Å². The summed E-state index contributed by atoms with van der Waals surface area (Å²) < 4.78 is 0. The van der Waals surface area contributed by atoms with Gasteiger partial charge >= 0.3 is 5.97 Å². The highest BCUT2D eigenvalue weighted by atomic mass is 32.2.